The number of hydrogen-bond acceptors (Lipinski definition) is 4. The van der Waals surface area contributed by atoms with E-state index in [0.29, 0.717) is 23.9 Å². The van der Waals surface area contributed by atoms with Crippen LogP contribution in [0.15, 0.2) is 30.6 Å². The number of urea groups is 1. The van der Waals surface area contributed by atoms with E-state index in [-0.39, 0.29) is 18.0 Å². The zero-order valence-corrected chi connectivity index (χ0v) is 17.4. The summed E-state index contributed by atoms with van der Waals surface area (Å²) in [6, 6.07) is 5.45. The van der Waals surface area contributed by atoms with Crippen molar-refractivity contribution in [1.29, 1.82) is 0 Å². The molecule has 8 heteroatoms. The number of nitrogens with zero attached hydrogens (tertiary/aromatic N) is 3. The lowest BCUT2D eigenvalue weighted by Gasteiger charge is -2.63. The molecule has 0 spiro atoms. The molecule has 1 aromatic carbocycles. The fraction of sp³-hybridized carbons (Fsp3) is 0.455. The summed E-state index contributed by atoms with van der Waals surface area (Å²) in [5, 5.41) is 5.66. The quantitative estimate of drug-likeness (QED) is 0.806. The van der Waals surface area contributed by atoms with Gasteiger partial charge in [0.05, 0.1) is 24.4 Å². The standard InChI is InChI=1S/C22H26FN5O2/c1-13-6-17-9-22(8-13,10-19(29)24-3)28(17)21(30)27-16-5-4-14(2)18(7-16)20-25-11-15(23)12-26-20/h4-5,7,11-13,17H,6,8-10H2,1-3H3,(H,24,29)(H,27,30)/t13-,17-,22+/m1/s1. The normalized spacial score (nSPS) is 24.7. The Morgan fingerprint density at radius 3 is 2.70 bits per heavy atom. The predicted octanol–water partition coefficient (Wildman–Crippen LogP) is 3.50. The van der Waals surface area contributed by atoms with E-state index in [2.05, 4.69) is 27.5 Å². The largest absolute Gasteiger partial charge is 0.359 e. The molecule has 3 amide bonds. The lowest BCUT2D eigenvalue weighted by atomic mass is 9.63. The monoisotopic (exact) mass is 411 g/mol. The molecule has 1 saturated carbocycles. The Kier molecular flexibility index (Phi) is 5.17. The summed E-state index contributed by atoms with van der Waals surface area (Å²) < 4.78 is 13.2. The number of aryl methyl sites for hydroxylation is 1. The summed E-state index contributed by atoms with van der Waals surface area (Å²) in [6.07, 6.45) is 5.20. The van der Waals surface area contributed by atoms with Gasteiger partial charge in [-0.2, -0.15) is 0 Å². The molecule has 2 aromatic rings. The molecule has 1 aliphatic heterocycles. The first-order valence-corrected chi connectivity index (χ1v) is 10.2. The van der Waals surface area contributed by atoms with Gasteiger partial charge in [0.25, 0.3) is 0 Å². The van der Waals surface area contributed by atoms with Crippen LogP contribution < -0.4 is 10.6 Å². The Hall–Kier alpha value is -3.03. The average Bonchev–Trinajstić information content (AvgIpc) is 2.69. The second-order valence-electron chi connectivity index (χ2n) is 8.53. The number of anilines is 1. The summed E-state index contributed by atoms with van der Waals surface area (Å²) >= 11 is 0. The van der Waals surface area contributed by atoms with Gasteiger partial charge in [-0.1, -0.05) is 13.0 Å². The number of hydrogen-bond donors (Lipinski definition) is 2. The van der Waals surface area contributed by atoms with E-state index < -0.39 is 11.4 Å². The summed E-state index contributed by atoms with van der Waals surface area (Å²) in [7, 11) is 1.62. The number of halogens is 1. The van der Waals surface area contributed by atoms with Crippen LogP contribution in [0, 0.1) is 18.7 Å². The van der Waals surface area contributed by atoms with Crippen molar-refractivity contribution in [3.05, 3.63) is 42.0 Å². The Labute approximate surface area is 175 Å². The molecule has 2 N–H and O–H groups in total. The Balaban J connectivity index is 1.56. The molecule has 158 valence electrons. The topological polar surface area (TPSA) is 87.2 Å². The highest BCUT2D eigenvalue weighted by Crippen LogP contribution is 2.51. The van der Waals surface area contributed by atoms with Crippen LogP contribution in [0.2, 0.25) is 0 Å². The summed E-state index contributed by atoms with van der Waals surface area (Å²) in [6.45, 7) is 4.09. The molecule has 4 rings (SSSR count). The number of nitrogens with one attached hydrogen (secondary N) is 2. The van der Waals surface area contributed by atoms with E-state index >= 15 is 0 Å². The highest BCUT2D eigenvalue weighted by Gasteiger charge is 2.58. The fourth-order valence-corrected chi connectivity index (χ4v) is 5.04. The van der Waals surface area contributed by atoms with Crippen molar-refractivity contribution in [2.24, 2.45) is 5.92 Å². The fourth-order valence-electron chi connectivity index (χ4n) is 5.04. The van der Waals surface area contributed by atoms with E-state index in [1.165, 1.54) is 0 Å². The molecule has 2 heterocycles. The van der Waals surface area contributed by atoms with E-state index in [1.807, 2.05) is 24.0 Å². The third kappa shape index (κ3) is 3.62. The minimum Gasteiger partial charge on any atom is -0.359 e. The molecule has 3 atom stereocenters. The van der Waals surface area contributed by atoms with Gasteiger partial charge in [0.2, 0.25) is 5.91 Å². The Morgan fingerprint density at radius 2 is 2.00 bits per heavy atom. The predicted molar refractivity (Wildman–Crippen MR) is 111 cm³/mol. The van der Waals surface area contributed by atoms with Crippen LogP contribution in [0.1, 0.15) is 38.2 Å². The van der Waals surface area contributed by atoms with Crippen LogP contribution in [-0.4, -0.2) is 45.4 Å². The third-order valence-electron chi connectivity index (χ3n) is 6.23. The Bertz CT molecular complexity index is 980. The van der Waals surface area contributed by atoms with Crippen LogP contribution >= 0.6 is 0 Å². The molecule has 0 unspecified atom stereocenters. The molecule has 2 fully saturated rings. The smallest absolute Gasteiger partial charge is 0.322 e. The molecule has 2 aliphatic rings. The van der Waals surface area contributed by atoms with Gasteiger partial charge in [-0.25, -0.2) is 19.2 Å². The number of carbonyl (C=O) groups excluding carboxylic acids is 2. The van der Waals surface area contributed by atoms with Crippen molar-refractivity contribution < 1.29 is 14.0 Å². The zero-order chi connectivity index (χ0) is 21.5. The summed E-state index contributed by atoms with van der Waals surface area (Å²) in [4.78, 5) is 35.2. The molecule has 7 nitrogen and oxygen atoms in total. The zero-order valence-electron chi connectivity index (χ0n) is 17.4. The molecule has 1 saturated heterocycles. The van der Waals surface area contributed by atoms with Gasteiger partial charge in [0, 0.05) is 24.3 Å². The first-order chi connectivity index (χ1) is 14.3. The molecule has 0 radical (unpaired) electrons. The van der Waals surface area contributed by atoms with Crippen molar-refractivity contribution in [3.63, 3.8) is 0 Å². The van der Waals surface area contributed by atoms with E-state index in [4.69, 9.17) is 0 Å². The van der Waals surface area contributed by atoms with Crippen molar-refractivity contribution in [3.8, 4) is 11.4 Å². The maximum atomic E-state index is 13.2. The molecule has 1 aliphatic carbocycles. The Morgan fingerprint density at radius 1 is 1.27 bits per heavy atom. The maximum absolute atomic E-state index is 13.2. The number of rotatable bonds is 4. The van der Waals surface area contributed by atoms with Crippen molar-refractivity contribution in [2.75, 3.05) is 12.4 Å². The van der Waals surface area contributed by atoms with E-state index in [1.54, 1.807) is 13.1 Å². The van der Waals surface area contributed by atoms with Crippen LogP contribution in [0.4, 0.5) is 14.9 Å². The maximum Gasteiger partial charge on any atom is 0.322 e. The van der Waals surface area contributed by atoms with Crippen molar-refractivity contribution in [2.45, 2.75) is 51.1 Å². The lowest BCUT2D eigenvalue weighted by Crippen LogP contribution is -2.73. The van der Waals surface area contributed by atoms with Crippen LogP contribution in [0.3, 0.4) is 0 Å². The lowest BCUT2D eigenvalue weighted by molar-refractivity contribution is -0.134. The number of fused-ring (bicyclic) bond motifs is 2. The minimum atomic E-state index is -0.499. The SMILES string of the molecule is CNC(=O)C[C@]12C[C@H](C)C[C@H](C1)N2C(=O)Nc1ccc(C)c(-c2ncc(F)cn2)c1. The van der Waals surface area contributed by atoms with Gasteiger partial charge in [0.15, 0.2) is 11.6 Å². The van der Waals surface area contributed by atoms with E-state index in [9.17, 15) is 14.0 Å². The van der Waals surface area contributed by atoms with Gasteiger partial charge < -0.3 is 15.5 Å². The number of amides is 3. The molecule has 1 aromatic heterocycles. The van der Waals surface area contributed by atoms with Gasteiger partial charge >= 0.3 is 6.03 Å². The number of aromatic nitrogens is 2. The van der Waals surface area contributed by atoms with Crippen LogP contribution in [0.5, 0.6) is 0 Å². The summed E-state index contributed by atoms with van der Waals surface area (Å²) in [5.41, 5.74) is 1.84. The molecule has 2 bridgehead atoms. The molecule has 30 heavy (non-hydrogen) atoms. The van der Waals surface area contributed by atoms with Crippen LogP contribution in [0.25, 0.3) is 11.4 Å². The first-order valence-electron chi connectivity index (χ1n) is 10.2. The summed E-state index contributed by atoms with van der Waals surface area (Å²) in [5.74, 6) is 0.335. The third-order valence-corrected chi connectivity index (χ3v) is 6.23. The van der Waals surface area contributed by atoms with Gasteiger partial charge in [0.1, 0.15) is 0 Å². The molecular weight excluding hydrogens is 385 g/mol. The van der Waals surface area contributed by atoms with Crippen LogP contribution in [-0.2, 0) is 4.79 Å². The van der Waals surface area contributed by atoms with Gasteiger partial charge in [-0.05, 0) is 49.8 Å². The number of carbonyl (C=O) groups is 2. The molecular formula is C22H26FN5O2. The number of likely N-dealkylation sites (tertiary alicyclic amines) is 1. The number of piperidine rings is 1. The average molecular weight is 411 g/mol. The highest BCUT2D eigenvalue weighted by molar-refractivity contribution is 5.92. The van der Waals surface area contributed by atoms with Crippen molar-refractivity contribution in [1.82, 2.24) is 20.2 Å². The first kappa shape index (κ1) is 20.3. The second kappa shape index (κ2) is 7.66. The highest BCUT2D eigenvalue weighted by atomic mass is 19.1. The van der Waals surface area contributed by atoms with Gasteiger partial charge in [-0.3, -0.25) is 4.79 Å². The minimum absolute atomic E-state index is 0.0496. The number of benzene rings is 1. The van der Waals surface area contributed by atoms with Gasteiger partial charge in [-0.15, -0.1) is 0 Å². The second-order valence-corrected chi connectivity index (χ2v) is 8.53. The van der Waals surface area contributed by atoms with Crippen molar-refractivity contribution >= 4 is 17.6 Å². The van der Waals surface area contributed by atoms with E-state index in [0.717, 1.165) is 42.8 Å².